The molecular weight excluding hydrogens is 210 g/mol. The number of hydrogen-bond donors (Lipinski definition) is 3. The summed E-state index contributed by atoms with van der Waals surface area (Å²) in [5, 5.41) is 7.42. The number of hydrogen-bond acceptors (Lipinski definition) is 3. The molecule has 0 aliphatic heterocycles. The van der Waals surface area contributed by atoms with Crippen LogP contribution in [0.15, 0.2) is 18.2 Å². The van der Waals surface area contributed by atoms with Crippen molar-refractivity contribution in [3.63, 3.8) is 0 Å². The molecule has 0 spiro atoms. The van der Waals surface area contributed by atoms with Crippen molar-refractivity contribution >= 4 is 35.8 Å². The fraction of sp³-hybridized carbons (Fsp3) is 0.100. The van der Waals surface area contributed by atoms with Crippen LogP contribution in [0.1, 0.15) is 6.92 Å². The Hall–Kier alpha value is -2.37. The Kier molecular flexibility index (Phi) is 4.02. The van der Waals surface area contributed by atoms with Crippen LogP contribution < -0.4 is 16.0 Å². The second kappa shape index (κ2) is 5.50. The molecule has 0 fully saturated rings. The van der Waals surface area contributed by atoms with Crippen molar-refractivity contribution in [3.05, 3.63) is 18.2 Å². The van der Waals surface area contributed by atoms with Crippen molar-refractivity contribution in [1.82, 2.24) is 0 Å². The second-order valence-corrected chi connectivity index (χ2v) is 2.97. The van der Waals surface area contributed by atoms with Crippen molar-refractivity contribution in [1.29, 1.82) is 0 Å². The summed E-state index contributed by atoms with van der Waals surface area (Å²) < 4.78 is 0. The van der Waals surface area contributed by atoms with Crippen molar-refractivity contribution in [2.24, 2.45) is 0 Å². The first kappa shape index (κ1) is 11.7. The lowest BCUT2D eigenvalue weighted by atomic mass is 10.2. The number of amides is 3. The Morgan fingerprint density at radius 3 is 2.38 bits per heavy atom. The van der Waals surface area contributed by atoms with E-state index in [0.29, 0.717) is 29.9 Å². The van der Waals surface area contributed by atoms with Crippen molar-refractivity contribution < 1.29 is 14.4 Å². The van der Waals surface area contributed by atoms with E-state index in [-0.39, 0.29) is 5.91 Å². The fourth-order valence-electron chi connectivity index (χ4n) is 1.18. The summed E-state index contributed by atoms with van der Waals surface area (Å²) >= 11 is 0. The van der Waals surface area contributed by atoms with Gasteiger partial charge in [-0.05, 0) is 18.2 Å². The van der Waals surface area contributed by atoms with Crippen LogP contribution in [0.3, 0.4) is 0 Å². The van der Waals surface area contributed by atoms with E-state index in [1.165, 1.54) is 13.0 Å². The molecule has 1 aromatic carbocycles. The Balaban J connectivity index is 3.02. The monoisotopic (exact) mass is 221 g/mol. The molecule has 0 heterocycles. The molecule has 3 N–H and O–H groups in total. The molecule has 0 atom stereocenters. The summed E-state index contributed by atoms with van der Waals surface area (Å²) in [6, 6.07) is 4.72. The number of benzene rings is 1. The summed E-state index contributed by atoms with van der Waals surface area (Å²) in [6.07, 6.45) is 1.02. The predicted octanol–water partition coefficient (Wildman–Crippen LogP) is 0.782. The van der Waals surface area contributed by atoms with Crippen LogP contribution in [0.2, 0.25) is 0 Å². The van der Waals surface area contributed by atoms with Gasteiger partial charge in [0, 0.05) is 12.6 Å². The van der Waals surface area contributed by atoms with E-state index >= 15 is 0 Å². The average molecular weight is 221 g/mol. The van der Waals surface area contributed by atoms with Crippen molar-refractivity contribution in [3.8, 4) is 0 Å². The quantitative estimate of drug-likeness (QED) is 0.642. The number of carbonyl (C=O) groups is 3. The van der Waals surface area contributed by atoms with Gasteiger partial charge >= 0.3 is 0 Å². The Bertz CT molecular complexity index is 418. The van der Waals surface area contributed by atoms with E-state index in [2.05, 4.69) is 16.0 Å². The highest BCUT2D eigenvalue weighted by molar-refractivity contribution is 5.95. The standard InChI is InChI=1S/C10H11N3O3/c1-7(16)13-9-3-2-8(11-5-14)4-10(9)12-6-15/h2-6H,1H3,(H,11,14)(H,12,15)(H,13,16). The zero-order valence-corrected chi connectivity index (χ0v) is 8.61. The maximum absolute atomic E-state index is 10.9. The highest BCUT2D eigenvalue weighted by atomic mass is 16.1. The van der Waals surface area contributed by atoms with Gasteiger partial charge in [0.2, 0.25) is 18.7 Å². The first-order valence-corrected chi connectivity index (χ1v) is 4.49. The van der Waals surface area contributed by atoms with Gasteiger partial charge in [0.15, 0.2) is 0 Å². The van der Waals surface area contributed by atoms with Gasteiger partial charge in [0.05, 0.1) is 11.4 Å². The van der Waals surface area contributed by atoms with E-state index < -0.39 is 0 Å². The average Bonchev–Trinajstić information content (AvgIpc) is 2.22. The largest absolute Gasteiger partial charge is 0.329 e. The van der Waals surface area contributed by atoms with Crippen LogP contribution in [0.5, 0.6) is 0 Å². The lowest BCUT2D eigenvalue weighted by Gasteiger charge is -2.10. The Morgan fingerprint density at radius 2 is 1.81 bits per heavy atom. The normalized spacial score (nSPS) is 9.06. The van der Waals surface area contributed by atoms with Crippen LogP contribution >= 0.6 is 0 Å². The highest BCUT2D eigenvalue weighted by Gasteiger charge is 2.04. The van der Waals surface area contributed by atoms with Crippen molar-refractivity contribution in [2.45, 2.75) is 6.92 Å². The van der Waals surface area contributed by atoms with E-state index in [9.17, 15) is 14.4 Å². The van der Waals surface area contributed by atoms with Gasteiger partial charge in [-0.1, -0.05) is 0 Å². The molecule has 3 amide bonds. The molecule has 1 rings (SSSR count). The SMILES string of the molecule is CC(=O)Nc1ccc(NC=O)cc1NC=O. The molecule has 0 aliphatic carbocycles. The van der Waals surface area contributed by atoms with E-state index in [0.717, 1.165) is 0 Å². The first-order valence-electron chi connectivity index (χ1n) is 4.49. The molecule has 0 bridgehead atoms. The maximum atomic E-state index is 10.9. The lowest BCUT2D eigenvalue weighted by molar-refractivity contribution is -0.114. The molecule has 0 saturated heterocycles. The van der Waals surface area contributed by atoms with E-state index in [4.69, 9.17) is 0 Å². The molecule has 6 heteroatoms. The van der Waals surface area contributed by atoms with Gasteiger partial charge < -0.3 is 16.0 Å². The van der Waals surface area contributed by atoms with Crippen LogP contribution in [0, 0.1) is 0 Å². The molecule has 84 valence electrons. The summed E-state index contributed by atoms with van der Waals surface area (Å²) in [5.74, 6) is -0.245. The smallest absolute Gasteiger partial charge is 0.221 e. The minimum atomic E-state index is -0.245. The maximum Gasteiger partial charge on any atom is 0.221 e. The third kappa shape index (κ3) is 3.09. The van der Waals surface area contributed by atoms with Gasteiger partial charge in [0.25, 0.3) is 0 Å². The van der Waals surface area contributed by atoms with Gasteiger partial charge in [-0.25, -0.2) is 0 Å². The van der Waals surface area contributed by atoms with E-state index in [1.54, 1.807) is 12.1 Å². The zero-order chi connectivity index (χ0) is 12.0. The molecular formula is C10H11N3O3. The fourth-order valence-corrected chi connectivity index (χ4v) is 1.18. The molecule has 0 radical (unpaired) electrons. The van der Waals surface area contributed by atoms with Gasteiger partial charge in [0.1, 0.15) is 0 Å². The van der Waals surface area contributed by atoms with Crippen LogP contribution in [-0.4, -0.2) is 18.7 Å². The van der Waals surface area contributed by atoms with Gasteiger partial charge in [-0.15, -0.1) is 0 Å². The number of carbonyl (C=O) groups excluding carboxylic acids is 3. The van der Waals surface area contributed by atoms with Gasteiger partial charge in [-0.2, -0.15) is 0 Å². The molecule has 0 unspecified atom stereocenters. The molecule has 0 aromatic heterocycles. The summed E-state index contributed by atoms with van der Waals surface area (Å²) in [4.78, 5) is 31.5. The topological polar surface area (TPSA) is 87.3 Å². The Labute approximate surface area is 92.0 Å². The highest BCUT2D eigenvalue weighted by Crippen LogP contribution is 2.25. The van der Waals surface area contributed by atoms with E-state index in [1.807, 2.05) is 0 Å². The third-order valence-electron chi connectivity index (χ3n) is 1.77. The van der Waals surface area contributed by atoms with Gasteiger partial charge in [-0.3, -0.25) is 14.4 Å². The van der Waals surface area contributed by atoms with Crippen LogP contribution in [0.25, 0.3) is 0 Å². The first-order chi connectivity index (χ1) is 7.67. The second-order valence-electron chi connectivity index (χ2n) is 2.97. The Morgan fingerprint density at radius 1 is 1.12 bits per heavy atom. The number of anilines is 3. The van der Waals surface area contributed by atoms with Crippen LogP contribution in [0.4, 0.5) is 17.1 Å². The molecule has 0 aliphatic rings. The minimum absolute atomic E-state index is 0.245. The van der Waals surface area contributed by atoms with Crippen molar-refractivity contribution in [2.75, 3.05) is 16.0 Å². The molecule has 6 nitrogen and oxygen atoms in total. The molecule has 1 aromatic rings. The minimum Gasteiger partial charge on any atom is -0.329 e. The summed E-state index contributed by atoms with van der Waals surface area (Å²) in [6.45, 7) is 1.36. The molecule has 16 heavy (non-hydrogen) atoms. The lowest BCUT2D eigenvalue weighted by Crippen LogP contribution is -2.09. The predicted molar refractivity (Wildman–Crippen MR) is 60.1 cm³/mol. The number of rotatable bonds is 5. The summed E-state index contributed by atoms with van der Waals surface area (Å²) in [5.41, 5.74) is 1.40. The zero-order valence-electron chi connectivity index (χ0n) is 8.61. The number of nitrogens with one attached hydrogen (secondary N) is 3. The molecule has 0 saturated carbocycles. The summed E-state index contributed by atoms with van der Waals surface area (Å²) in [7, 11) is 0. The van der Waals surface area contributed by atoms with Crippen LogP contribution in [-0.2, 0) is 14.4 Å². The third-order valence-corrected chi connectivity index (χ3v) is 1.77.